The molecule has 0 bridgehead atoms. The summed E-state index contributed by atoms with van der Waals surface area (Å²) < 4.78 is 5.40. The van der Waals surface area contributed by atoms with Gasteiger partial charge in [-0.2, -0.15) is 0 Å². The van der Waals surface area contributed by atoms with Gasteiger partial charge >= 0.3 is 0 Å². The van der Waals surface area contributed by atoms with Crippen LogP contribution in [0.25, 0.3) is 0 Å². The van der Waals surface area contributed by atoms with Crippen molar-refractivity contribution in [3.05, 3.63) is 58.5 Å². The molecule has 2 N–H and O–H groups in total. The zero-order chi connectivity index (χ0) is 17.2. The largest absolute Gasteiger partial charge is 0.466 e. The molecule has 1 aromatic carbocycles. The third-order valence-corrected chi connectivity index (χ3v) is 3.73. The summed E-state index contributed by atoms with van der Waals surface area (Å²) in [6, 6.07) is 8.49. The summed E-state index contributed by atoms with van der Waals surface area (Å²) in [4.78, 5) is 24.1. The van der Waals surface area contributed by atoms with Crippen molar-refractivity contribution in [1.82, 2.24) is 5.32 Å². The first-order valence-corrected chi connectivity index (χ1v) is 7.40. The molecule has 2 aromatic rings. The van der Waals surface area contributed by atoms with Gasteiger partial charge in [-0.25, -0.2) is 0 Å². The molecule has 0 saturated carbocycles. The second-order valence-electron chi connectivity index (χ2n) is 5.98. The van der Waals surface area contributed by atoms with Crippen molar-refractivity contribution < 1.29 is 19.1 Å². The topological polar surface area (TPSA) is 79.5 Å². The molecule has 1 heterocycles. The fourth-order valence-corrected chi connectivity index (χ4v) is 2.43. The number of amides is 1. The number of rotatable bonds is 5. The maximum Gasteiger partial charge on any atom is 0.292 e. The minimum absolute atomic E-state index is 0.0801. The number of hydrogen-bond acceptors (Lipinski definition) is 4. The average Bonchev–Trinajstić information content (AvgIpc) is 2.84. The van der Waals surface area contributed by atoms with Gasteiger partial charge in [-0.1, -0.05) is 29.8 Å². The lowest BCUT2D eigenvalue weighted by atomic mass is 9.96. The third-order valence-electron chi connectivity index (χ3n) is 3.73. The van der Waals surface area contributed by atoms with Crippen LogP contribution in [-0.2, 0) is 10.4 Å². The summed E-state index contributed by atoms with van der Waals surface area (Å²) in [5, 5.41) is 13.0. The highest BCUT2D eigenvalue weighted by atomic mass is 16.3. The van der Waals surface area contributed by atoms with E-state index in [0.717, 1.165) is 5.56 Å². The van der Waals surface area contributed by atoms with Crippen LogP contribution < -0.4 is 5.32 Å². The predicted molar refractivity (Wildman–Crippen MR) is 86.3 cm³/mol. The van der Waals surface area contributed by atoms with Crippen molar-refractivity contribution >= 4 is 11.7 Å². The molecule has 0 saturated heterocycles. The zero-order valence-electron chi connectivity index (χ0n) is 13.8. The molecule has 0 fully saturated rings. The van der Waals surface area contributed by atoms with Crippen LogP contribution in [0, 0.1) is 20.8 Å². The molecule has 1 atom stereocenters. The fraction of sp³-hybridized carbons (Fsp3) is 0.333. The van der Waals surface area contributed by atoms with Crippen LogP contribution in [0.15, 0.2) is 34.7 Å². The Bertz CT molecular complexity index is 726. The Labute approximate surface area is 135 Å². The molecule has 23 heavy (non-hydrogen) atoms. The van der Waals surface area contributed by atoms with Gasteiger partial charge in [-0.05, 0) is 33.8 Å². The highest BCUT2D eigenvalue weighted by Gasteiger charge is 2.29. The van der Waals surface area contributed by atoms with Crippen LogP contribution in [0.3, 0.4) is 0 Å². The van der Waals surface area contributed by atoms with Crippen LogP contribution >= 0.6 is 0 Å². The van der Waals surface area contributed by atoms with Crippen molar-refractivity contribution in [2.24, 2.45) is 0 Å². The number of aliphatic hydroxyl groups is 1. The molecule has 0 aliphatic rings. The predicted octanol–water partition coefficient (Wildman–Crippen LogP) is 2.41. The Hall–Kier alpha value is -2.40. The van der Waals surface area contributed by atoms with Gasteiger partial charge < -0.3 is 14.8 Å². The number of carbonyl (C=O) groups excluding carboxylic acids is 2. The van der Waals surface area contributed by atoms with Crippen molar-refractivity contribution in [1.29, 1.82) is 0 Å². The smallest absolute Gasteiger partial charge is 0.292 e. The number of nitrogens with one attached hydrogen (secondary N) is 1. The summed E-state index contributed by atoms with van der Waals surface area (Å²) >= 11 is 0. The molecule has 2 rings (SSSR count). The van der Waals surface area contributed by atoms with Crippen LogP contribution in [-0.4, -0.2) is 23.3 Å². The van der Waals surface area contributed by atoms with E-state index in [1.54, 1.807) is 51.1 Å². The van der Waals surface area contributed by atoms with E-state index in [2.05, 4.69) is 5.32 Å². The molecular weight excluding hydrogens is 294 g/mol. The number of benzene rings is 1. The molecule has 1 unspecified atom stereocenters. The molecule has 0 radical (unpaired) electrons. The summed E-state index contributed by atoms with van der Waals surface area (Å²) in [5.74, 6) is -0.0978. The van der Waals surface area contributed by atoms with Crippen molar-refractivity contribution in [2.75, 3.05) is 6.54 Å². The number of furan rings is 1. The lowest BCUT2D eigenvalue weighted by molar-refractivity contribution is -0.118. The van der Waals surface area contributed by atoms with Gasteiger partial charge in [0.15, 0.2) is 0 Å². The lowest BCUT2D eigenvalue weighted by Gasteiger charge is -2.23. The van der Waals surface area contributed by atoms with E-state index in [1.165, 1.54) is 0 Å². The molecule has 0 aliphatic heterocycles. The van der Waals surface area contributed by atoms with E-state index in [-0.39, 0.29) is 6.54 Å². The minimum atomic E-state index is -1.31. The van der Waals surface area contributed by atoms with E-state index in [0.29, 0.717) is 22.6 Å². The molecule has 0 spiro atoms. The number of ketones is 1. The van der Waals surface area contributed by atoms with Gasteiger partial charge in [0.2, 0.25) is 5.78 Å². The second kappa shape index (κ2) is 6.38. The van der Waals surface area contributed by atoms with Crippen LogP contribution in [0.4, 0.5) is 0 Å². The first kappa shape index (κ1) is 17.0. The maximum absolute atomic E-state index is 12.1. The summed E-state index contributed by atoms with van der Waals surface area (Å²) in [6.45, 7) is 6.92. The number of carbonyl (C=O) groups is 2. The second-order valence-corrected chi connectivity index (χ2v) is 5.98. The minimum Gasteiger partial charge on any atom is -0.466 e. The first-order valence-electron chi connectivity index (χ1n) is 7.40. The van der Waals surface area contributed by atoms with E-state index in [9.17, 15) is 14.7 Å². The van der Waals surface area contributed by atoms with Crippen LogP contribution in [0.5, 0.6) is 0 Å². The van der Waals surface area contributed by atoms with Crippen LogP contribution in [0.2, 0.25) is 0 Å². The Morgan fingerprint density at radius 3 is 2.30 bits per heavy atom. The molecule has 5 nitrogen and oxygen atoms in total. The van der Waals surface area contributed by atoms with Crippen molar-refractivity contribution in [2.45, 2.75) is 33.3 Å². The molecular formula is C18H21NO4. The fourth-order valence-electron chi connectivity index (χ4n) is 2.43. The molecule has 5 heteroatoms. The maximum atomic E-state index is 12.1. The van der Waals surface area contributed by atoms with Crippen molar-refractivity contribution in [3.8, 4) is 0 Å². The van der Waals surface area contributed by atoms with Gasteiger partial charge in [-0.15, -0.1) is 0 Å². The normalized spacial score (nSPS) is 13.4. The summed E-state index contributed by atoms with van der Waals surface area (Å²) in [7, 11) is 0. The van der Waals surface area contributed by atoms with Crippen molar-refractivity contribution in [3.63, 3.8) is 0 Å². The Kier molecular flexibility index (Phi) is 4.71. The van der Waals surface area contributed by atoms with E-state index in [4.69, 9.17) is 4.42 Å². The van der Waals surface area contributed by atoms with E-state index >= 15 is 0 Å². The molecule has 0 aliphatic carbocycles. The SMILES string of the molecule is Cc1ccc(C(=O)C(=O)NCC(C)(O)c2cc(C)oc2C)cc1. The van der Waals surface area contributed by atoms with E-state index in [1.807, 2.05) is 6.92 Å². The Balaban J connectivity index is 2.04. The van der Waals surface area contributed by atoms with E-state index < -0.39 is 17.3 Å². The number of aryl methyl sites for hydroxylation is 3. The standard InChI is InChI=1S/C18H21NO4/c1-11-5-7-14(8-6-11)16(20)17(21)19-10-18(4,22)15-9-12(2)23-13(15)3/h5-9,22H,10H2,1-4H3,(H,19,21). The first-order chi connectivity index (χ1) is 10.7. The zero-order valence-corrected chi connectivity index (χ0v) is 13.8. The monoisotopic (exact) mass is 315 g/mol. The lowest BCUT2D eigenvalue weighted by Crippen LogP contribution is -2.41. The summed E-state index contributed by atoms with van der Waals surface area (Å²) in [5.41, 5.74) is 0.613. The highest BCUT2D eigenvalue weighted by Crippen LogP contribution is 2.26. The molecule has 122 valence electrons. The molecule has 1 aromatic heterocycles. The van der Waals surface area contributed by atoms with Gasteiger partial charge in [0.25, 0.3) is 5.91 Å². The number of hydrogen-bond donors (Lipinski definition) is 2. The van der Waals surface area contributed by atoms with Gasteiger partial charge in [-0.3, -0.25) is 9.59 Å². The van der Waals surface area contributed by atoms with Gasteiger partial charge in [0.05, 0.1) is 6.54 Å². The third kappa shape index (κ3) is 3.87. The Morgan fingerprint density at radius 2 is 1.78 bits per heavy atom. The quantitative estimate of drug-likeness (QED) is 0.656. The summed E-state index contributed by atoms with van der Waals surface area (Å²) in [6.07, 6.45) is 0. The highest BCUT2D eigenvalue weighted by molar-refractivity contribution is 6.42. The van der Waals surface area contributed by atoms with Gasteiger partial charge in [0.1, 0.15) is 17.1 Å². The van der Waals surface area contributed by atoms with Crippen LogP contribution in [0.1, 0.15) is 39.9 Å². The average molecular weight is 315 g/mol. The molecule has 1 amide bonds. The van der Waals surface area contributed by atoms with Gasteiger partial charge in [0, 0.05) is 11.1 Å². The number of Topliss-reactive ketones (excluding diaryl/α,β-unsaturated/α-hetero) is 1. The Morgan fingerprint density at radius 1 is 1.17 bits per heavy atom.